The fourth-order valence-corrected chi connectivity index (χ4v) is 1.71. The number of nitriles is 1. The minimum atomic E-state index is 0.0940. The Labute approximate surface area is 95.6 Å². The van der Waals surface area contributed by atoms with Gasteiger partial charge in [0.05, 0.1) is 17.1 Å². The molecule has 0 bridgehead atoms. The van der Waals surface area contributed by atoms with Crippen LogP contribution in [0.3, 0.4) is 0 Å². The second-order valence-corrected chi connectivity index (χ2v) is 4.95. The lowest BCUT2D eigenvalue weighted by molar-refractivity contribution is 0.591. The van der Waals surface area contributed by atoms with Crippen molar-refractivity contribution >= 4 is 10.9 Å². The Balaban J connectivity index is 2.75. The molecule has 1 aromatic carbocycles. The number of pyridine rings is 1. The summed E-state index contributed by atoms with van der Waals surface area (Å²) >= 11 is 0. The van der Waals surface area contributed by atoms with Gasteiger partial charge < -0.3 is 0 Å². The second-order valence-electron chi connectivity index (χ2n) is 4.95. The Morgan fingerprint density at radius 3 is 2.56 bits per heavy atom. The van der Waals surface area contributed by atoms with Gasteiger partial charge in [0.15, 0.2) is 0 Å². The van der Waals surface area contributed by atoms with E-state index in [9.17, 15) is 0 Å². The molecule has 0 unspecified atom stereocenters. The highest BCUT2D eigenvalue weighted by Crippen LogP contribution is 2.26. The molecule has 16 heavy (non-hydrogen) atoms. The van der Waals surface area contributed by atoms with Gasteiger partial charge in [0.25, 0.3) is 0 Å². The van der Waals surface area contributed by atoms with Crippen LogP contribution in [-0.2, 0) is 5.41 Å². The number of hydrogen-bond donors (Lipinski definition) is 0. The maximum Gasteiger partial charge on any atom is 0.0999 e. The third-order valence-corrected chi connectivity index (χ3v) is 2.73. The minimum Gasteiger partial charge on any atom is -0.256 e. The van der Waals surface area contributed by atoms with E-state index in [1.807, 2.05) is 6.07 Å². The van der Waals surface area contributed by atoms with Crippen LogP contribution in [0.4, 0.5) is 0 Å². The molecule has 0 aliphatic rings. The van der Waals surface area contributed by atoms with Crippen LogP contribution in [-0.4, -0.2) is 4.98 Å². The van der Waals surface area contributed by atoms with Crippen LogP contribution in [0, 0.1) is 11.3 Å². The number of nitrogens with zero attached hydrogens (tertiary/aromatic N) is 2. The quantitative estimate of drug-likeness (QED) is 0.668. The topological polar surface area (TPSA) is 36.7 Å². The maximum atomic E-state index is 9.05. The van der Waals surface area contributed by atoms with E-state index >= 15 is 0 Å². The fourth-order valence-electron chi connectivity index (χ4n) is 1.71. The zero-order valence-corrected chi connectivity index (χ0v) is 9.78. The van der Waals surface area contributed by atoms with Crippen molar-refractivity contribution in [2.45, 2.75) is 26.2 Å². The maximum absolute atomic E-state index is 9.05. The van der Waals surface area contributed by atoms with Gasteiger partial charge in [0, 0.05) is 11.6 Å². The molecule has 2 aromatic rings. The zero-order chi connectivity index (χ0) is 11.8. The van der Waals surface area contributed by atoms with Gasteiger partial charge in [-0.15, -0.1) is 0 Å². The summed E-state index contributed by atoms with van der Waals surface area (Å²) in [5.41, 5.74) is 2.89. The summed E-state index contributed by atoms with van der Waals surface area (Å²) in [7, 11) is 0. The van der Waals surface area contributed by atoms with E-state index in [1.54, 1.807) is 12.3 Å². The number of aromatic nitrogens is 1. The normalized spacial score (nSPS) is 11.4. The highest BCUT2D eigenvalue weighted by atomic mass is 14.6. The number of hydrogen-bond acceptors (Lipinski definition) is 2. The molecular formula is C14H14N2. The van der Waals surface area contributed by atoms with Crippen molar-refractivity contribution in [1.29, 1.82) is 5.26 Å². The first-order valence-corrected chi connectivity index (χ1v) is 5.32. The van der Waals surface area contributed by atoms with Gasteiger partial charge in [-0.2, -0.15) is 5.26 Å². The van der Waals surface area contributed by atoms with Crippen molar-refractivity contribution in [2.75, 3.05) is 0 Å². The molecule has 0 saturated carbocycles. The van der Waals surface area contributed by atoms with Crippen LogP contribution in [0.2, 0.25) is 0 Å². The van der Waals surface area contributed by atoms with Crippen LogP contribution in [0.25, 0.3) is 10.9 Å². The first-order chi connectivity index (χ1) is 7.52. The number of fused-ring (bicyclic) bond motifs is 1. The average molecular weight is 210 g/mol. The van der Waals surface area contributed by atoms with Crippen LogP contribution in [0.5, 0.6) is 0 Å². The fraction of sp³-hybridized carbons (Fsp3) is 0.286. The molecule has 0 aliphatic heterocycles. The van der Waals surface area contributed by atoms with Gasteiger partial charge in [-0.25, -0.2) is 0 Å². The van der Waals surface area contributed by atoms with Gasteiger partial charge >= 0.3 is 0 Å². The Bertz CT molecular complexity index is 571. The summed E-state index contributed by atoms with van der Waals surface area (Å²) in [6, 6.07) is 10.1. The highest BCUT2D eigenvalue weighted by molar-refractivity contribution is 5.85. The van der Waals surface area contributed by atoms with E-state index in [2.05, 4.69) is 44.0 Å². The highest BCUT2D eigenvalue weighted by Gasteiger charge is 2.14. The molecule has 0 saturated heterocycles. The van der Waals surface area contributed by atoms with Crippen molar-refractivity contribution < 1.29 is 0 Å². The van der Waals surface area contributed by atoms with E-state index in [4.69, 9.17) is 5.26 Å². The third kappa shape index (κ3) is 1.77. The van der Waals surface area contributed by atoms with Gasteiger partial charge in [0.2, 0.25) is 0 Å². The Morgan fingerprint density at radius 1 is 1.19 bits per heavy atom. The molecule has 0 atom stereocenters. The van der Waals surface area contributed by atoms with Gasteiger partial charge in [0.1, 0.15) is 0 Å². The van der Waals surface area contributed by atoms with E-state index < -0.39 is 0 Å². The number of rotatable bonds is 0. The van der Waals surface area contributed by atoms with E-state index in [0.29, 0.717) is 5.56 Å². The Morgan fingerprint density at radius 2 is 1.94 bits per heavy atom. The lowest BCUT2D eigenvalue weighted by atomic mass is 9.86. The van der Waals surface area contributed by atoms with Crippen molar-refractivity contribution in [3.63, 3.8) is 0 Å². The molecule has 2 heteroatoms. The van der Waals surface area contributed by atoms with Gasteiger partial charge in [-0.1, -0.05) is 26.8 Å². The summed E-state index contributed by atoms with van der Waals surface area (Å²) in [4.78, 5) is 4.26. The van der Waals surface area contributed by atoms with Crippen molar-refractivity contribution in [2.24, 2.45) is 0 Å². The third-order valence-electron chi connectivity index (χ3n) is 2.73. The predicted octanol–water partition coefficient (Wildman–Crippen LogP) is 3.40. The average Bonchev–Trinajstić information content (AvgIpc) is 2.26. The van der Waals surface area contributed by atoms with Crippen molar-refractivity contribution in [3.05, 3.63) is 41.6 Å². The number of benzene rings is 1. The standard InChI is InChI=1S/C14H14N2/c1-14(2,3)11-4-5-13-12(8-11)10(9-15)6-7-16-13/h4-8H,1-3H3. The molecule has 0 radical (unpaired) electrons. The molecule has 0 fully saturated rings. The molecule has 0 N–H and O–H groups in total. The van der Waals surface area contributed by atoms with Crippen LogP contribution < -0.4 is 0 Å². The molecular weight excluding hydrogens is 196 g/mol. The molecule has 1 aromatic heterocycles. The van der Waals surface area contributed by atoms with Crippen LogP contribution >= 0.6 is 0 Å². The van der Waals surface area contributed by atoms with Gasteiger partial charge in [-0.3, -0.25) is 4.98 Å². The molecule has 2 nitrogen and oxygen atoms in total. The van der Waals surface area contributed by atoms with E-state index in [-0.39, 0.29) is 5.41 Å². The monoisotopic (exact) mass is 210 g/mol. The smallest absolute Gasteiger partial charge is 0.0999 e. The Hall–Kier alpha value is -1.88. The van der Waals surface area contributed by atoms with Crippen LogP contribution in [0.1, 0.15) is 31.9 Å². The second kappa shape index (κ2) is 3.61. The lowest BCUT2D eigenvalue weighted by Crippen LogP contribution is -2.10. The summed E-state index contributed by atoms with van der Waals surface area (Å²) in [5.74, 6) is 0. The Kier molecular flexibility index (Phi) is 2.40. The molecule has 2 rings (SSSR count). The lowest BCUT2D eigenvalue weighted by Gasteiger charge is -2.19. The molecule has 0 spiro atoms. The predicted molar refractivity (Wildman–Crippen MR) is 65.2 cm³/mol. The van der Waals surface area contributed by atoms with E-state index in [0.717, 1.165) is 10.9 Å². The molecule has 0 amide bonds. The first-order valence-electron chi connectivity index (χ1n) is 5.32. The largest absolute Gasteiger partial charge is 0.256 e. The molecule has 80 valence electrons. The summed E-state index contributed by atoms with van der Waals surface area (Å²) in [6.45, 7) is 6.49. The zero-order valence-electron chi connectivity index (χ0n) is 9.78. The van der Waals surface area contributed by atoms with Crippen molar-refractivity contribution in [3.8, 4) is 6.07 Å². The van der Waals surface area contributed by atoms with Crippen LogP contribution in [0.15, 0.2) is 30.5 Å². The van der Waals surface area contributed by atoms with Gasteiger partial charge in [-0.05, 0) is 29.2 Å². The molecule has 1 heterocycles. The van der Waals surface area contributed by atoms with Crippen molar-refractivity contribution in [1.82, 2.24) is 4.98 Å². The minimum absolute atomic E-state index is 0.0940. The first kappa shape index (κ1) is 10.6. The SMILES string of the molecule is CC(C)(C)c1ccc2nccc(C#N)c2c1. The summed E-state index contributed by atoms with van der Waals surface area (Å²) in [6.07, 6.45) is 1.68. The molecule has 0 aliphatic carbocycles. The summed E-state index contributed by atoms with van der Waals surface area (Å²) < 4.78 is 0. The summed E-state index contributed by atoms with van der Waals surface area (Å²) in [5, 5.41) is 9.99. The van der Waals surface area contributed by atoms with E-state index in [1.165, 1.54) is 5.56 Å².